The minimum absolute atomic E-state index is 0.348. The molecule has 18 heavy (non-hydrogen) atoms. The molecule has 1 heterocycles. The number of carbonyl (C=O) groups is 1. The lowest BCUT2D eigenvalue weighted by molar-refractivity contribution is 0.210. The Morgan fingerprint density at radius 2 is 2.17 bits per heavy atom. The Balaban J connectivity index is 1.96. The molecule has 0 atom stereocenters. The molecule has 2 N–H and O–H groups in total. The first-order valence-electron chi connectivity index (χ1n) is 5.67. The zero-order valence-corrected chi connectivity index (χ0v) is 9.46. The molecule has 0 unspecified atom stereocenters. The average Bonchev–Trinajstić information content (AvgIpc) is 3.08. The van der Waals surface area contributed by atoms with E-state index in [9.17, 15) is 4.79 Å². The van der Waals surface area contributed by atoms with Crippen LogP contribution in [0.3, 0.4) is 0 Å². The fourth-order valence-corrected chi connectivity index (χ4v) is 1.75. The van der Waals surface area contributed by atoms with Crippen molar-refractivity contribution in [2.75, 3.05) is 5.32 Å². The second-order valence-electron chi connectivity index (χ2n) is 4.21. The van der Waals surface area contributed by atoms with Gasteiger partial charge in [0, 0.05) is 5.92 Å². The number of amides is 1. The molecule has 0 radical (unpaired) electrons. The van der Waals surface area contributed by atoms with Crippen LogP contribution in [0.4, 0.5) is 10.5 Å². The highest BCUT2D eigenvalue weighted by molar-refractivity contribution is 5.88. The molecule has 3 rings (SSSR count). The van der Waals surface area contributed by atoms with Crippen LogP contribution >= 0.6 is 0 Å². The Kier molecular flexibility index (Phi) is 2.47. The lowest BCUT2D eigenvalue weighted by atomic mass is 10.2. The van der Waals surface area contributed by atoms with E-state index in [4.69, 9.17) is 9.63 Å². The van der Waals surface area contributed by atoms with E-state index in [0.717, 1.165) is 12.8 Å². The highest BCUT2D eigenvalue weighted by Crippen LogP contribution is 2.39. The van der Waals surface area contributed by atoms with Crippen molar-refractivity contribution in [2.24, 2.45) is 0 Å². The van der Waals surface area contributed by atoms with Crippen LogP contribution in [-0.4, -0.2) is 21.3 Å². The van der Waals surface area contributed by atoms with Gasteiger partial charge in [0.25, 0.3) is 5.89 Å². The van der Waals surface area contributed by atoms with Crippen LogP contribution in [0, 0.1) is 0 Å². The predicted octanol–water partition coefficient (Wildman–Crippen LogP) is 2.70. The SMILES string of the molecule is O=C(O)Nc1ccccc1-c1nc(C2CC2)no1. The number of nitrogens with zero attached hydrogens (tertiary/aromatic N) is 2. The van der Waals surface area contributed by atoms with Gasteiger partial charge in [-0.25, -0.2) is 4.79 Å². The van der Waals surface area contributed by atoms with Gasteiger partial charge in [-0.3, -0.25) is 5.32 Å². The zero-order valence-electron chi connectivity index (χ0n) is 9.46. The molecule has 1 aliphatic carbocycles. The molecular formula is C12H11N3O3. The third-order valence-electron chi connectivity index (χ3n) is 2.78. The average molecular weight is 245 g/mol. The molecule has 0 saturated heterocycles. The van der Waals surface area contributed by atoms with Gasteiger partial charge in [0.1, 0.15) is 0 Å². The number of benzene rings is 1. The molecule has 6 heteroatoms. The van der Waals surface area contributed by atoms with Crippen molar-refractivity contribution in [3.63, 3.8) is 0 Å². The number of hydrogen-bond acceptors (Lipinski definition) is 4. The molecule has 1 aromatic heterocycles. The van der Waals surface area contributed by atoms with E-state index in [2.05, 4.69) is 15.5 Å². The van der Waals surface area contributed by atoms with Gasteiger partial charge in [0.05, 0.1) is 11.3 Å². The van der Waals surface area contributed by atoms with Gasteiger partial charge in [-0.15, -0.1) is 0 Å². The van der Waals surface area contributed by atoms with E-state index >= 15 is 0 Å². The Morgan fingerprint density at radius 1 is 1.39 bits per heavy atom. The molecule has 1 aliphatic rings. The quantitative estimate of drug-likeness (QED) is 0.867. The van der Waals surface area contributed by atoms with Crippen molar-refractivity contribution >= 4 is 11.8 Å². The summed E-state index contributed by atoms with van der Waals surface area (Å²) in [5.74, 6) is 1.46. The maximum absolute atomic E-state index is 10.7. The summed E-state index contributed by atoms with van der Waals surface area (Å²) in [4.78, 5) is 15.0. The summed E-state index contributed by atoms with van der Waals surface area (Å²) in [5.41, 5.74) is 1.04. The van der Waals surface area contributed by atoms with Crippen LogP contribution in [0.1, 0.15) is 24.6 Å². The normalized spacial score (nSPS) is 14.4. The first-order chi connectivity index (χ1) is 8.74. The smallest absolute Gasteiger partial charge is 0.409 e. The van der Waals surface area contributed by atoms with Crippen molar-refractivity contribution in [3.05, 3.63) is 30.1 Å². The number of carboxylic acid groups (broad SMARTS) is 1. The number of nitrogens with one attached hydrogen (secondary N) is 1. The molecule has 0 spiro atoms. The summed E-state index contributed by atoms with van der Waals surface area (Å²) < 4.78 is 5.18. The first kappa shape index (κ1) is 10.8. The number of hydrogen-bond donors (Lipinski definition) is 2. The van der Waals surface area contributed by atoms with E-state index in [1.807, 2.05) is 0 Å². The minimum Gasteiger partial charge on any atom is -0.465 e. The lowest BCUT2D eigenvalue weighted by Crippen LogP contribution is -2.08. The van der Waals surface area contributed by atoms with Crippen molar-refractivity contribution in [1.82, 2.24) is 10.1 Å². The molecule has 1 saturated carbocycles. The number of anilines is 1. The second-order valence-corrected chi connectivity index (χ2v) is 4.21. The number of rotatable bonds is 3. The predicted molar refractivity (Wildman–Crippen MR) is 63.4 cm³/mol. The largest absolute Gasteiger partial charge is 0.465 e. The summed E-state index contributed by atoms with van der Waals surface area (Å²) in [6, 6.07) is 6.94. The van der Waals surface area contributed by atoms with Crippen molar-refractivity contribution < 1.29 is 14.4 Å². The molecule has 92 valence electrons. The van der Waals surface area contributed by atoms with E-state index < -0.39 is 6.09 Å². The summed E-state index contributed by atoms with van der Waals surface area (Å²) in [6.45, 7) is 0. The summed E-state index contributed by atoms with van der Waals surface area (Å²) >= 11 is 0. The van der Waals surface area contributed by atoms with Crippen LogP contribution < -0.4 is 5.32 Å². The van der Waals surface area contributed by atoms with Gasteiger partial charge in [-0.2, -0.15) is 4.98 Å². The monoisotopic (exact) mass is 245 g/mol. The second kappa shape index (κ2) is 4.14. The third-order valence-corrected chi connectivity index (χ3v) is 2.78. The molecule has 1 fully saturated rings. The molecule has 2 aromatic rings. The van der Waals surface area contributed by atoms with Gasteiger partial charge in [-0.1, -0.05) is 17.3 Å². The Morgan fingerprint density at radius 3 is 2.89 bits per heavy atom. The van der Waals surface area contributed by atoms with Crippen LogP contribution in [-0.2, 0) is 0 Å². The fraction of sp³-hybridized carbons (Fsp3) is 0.250. The molecule has 0 bridgehead atoms. The summed E-state index contributed by atoms with van der Waals surface area (Å²) in [5, 5.41) is 15.0. The van der Waals surface area contributed by atoms with Crippen molar-refractivity contribution in [3.8, 4) is 11.5 Å². The van der Waals surface area contributed by atoms with Crippen LogP contribution in [0.5, 0.6) is 0 Å². The van der Waals surface area contributed by atoms with E-state index in [1.54, 1.807) is 24.3 Å². The van der Waals surface area contributed by atoms with Gasteiger partial charge < -0.3 is 9.63 Å². The maximum atomic E-state index is 10.7. The highest BCUT2D eigenvalue weighted by Gasteiger charge is 2.29. The summed E-state index contributed by atoms with van der Waals surface area (Å²) in [7, 11) is 0. The maximum Gasteiger partial charge on any atom is 0.409 e. The number of para-hydroxylation sites is 1. The first-order valence-corrected chi connectivity index (χ1v) is 5.67. The van der Waals surface area contributed by atoms with E-state index in [1.165, 1.54) is 0 Å². The van der Waals surface area contributed by atoms with Gasteiger partial charge in [0.15, 0.2) is 5.82 Å². The topological polar surface area (TPSA) is 88.2 Å². The molecule has 0 aliphatic heterocycles. The van der Waals surface area contributed by atoms with Gasteiger partial charge in [0.2, 0.25) is 0 Å². The molecule has 1 aromatic carbocycles. The van der Waals surface area contributed by atoms with Crippen LogP contribution in [0.2, 0.25) is 0 Å². The molecule has 6 nitrogen and oxygen atoms in total. The minimum atomic E-state index is -1.12. The van der Waals surface area contributed by atoms with Gasteiger partial charge >= 0.3 is 6.09 Å². The fourth-order valence-electron chi connectivity index (χ4n) is 1.75. The number of aromatic nitrogens is 2. The summed E-state index contributed by atoms with van der Waals surface area (Å²) in [6.07, 6.45) is 1.06. The Labute approximate surface area is 103 Å². The lowest BCUT2D eigenvalue weighted by Gasteiger charge is -2.04. The standard InChI is InChI=1S/C12H11N3O3/c16-12(17)13-9-4-2-1-3-8(9)11-14-10(15-18-11)7-5-6-7/h1-4,7,13H,5-6H2,(H,16,17). The van der Waals surface area contributed by atoms with E-state index in [0.29, 0.717) is 28.9 Å². The van der Waals surface area contributed by atoms with Crippen LogP contribution in [0.15, 0.2) is 28.8 Å². The third kappa shape index (κ3) is 2.04. The Bertz CT molecular complexity index is 590. The molecular weight excluding hydrogens is 234 g/mol. The zero-order chi connectivity index (χ0) is 12.5. The van der Waals surface area contributed by atoms with Crippen molar-refractivity contribution in [1.29, 1.82) is 0 Å². The molecule has 1 amide bonds. The van der Waals surface area contributed by atoms with Gasteiger partial charge in [-0.05, 0) is 25.0 Å². The van der Waals surface area contributed by atoms with Crippen LogP contribution in [0.25, 0.3) is 11.5 Å². The van der Waals surface area contributed by atoms with E-state index in [-0.39, 0.29) is 0 Å². The highest BCUT2D eigenvalue weighted by atomic mass is 16.5. The Hall–Kier alpha value is -2.37. The van der Waals surface area contributed by atoms with Crippen molar-refractivity contribution in [2.45, 2.75) is 18.8 Å².